The van der Waals surface area contributed by atoms with Gasteiger partial charge in [0.1, 0.15) is 18.4 Å². The number of fused-ring (bicyclic) bond motifs is 16. The molecule has 1 aromatic heterocycles. The fourth-order valence-electron chi connectivity index (χ4n) is 6.96. The molecule has 0 unspecified atom stereocenters. The number of carboxylic acid groups (broad SMARTS) is 1. The Labute approximate surface area is 326 Å². The van der Waals surface area contributed by atoms with Gasteiger partial charge >= 0.3 is 5.97 Å². The number of aromatic nitrogens is 2. The SMILES string of the molecule is Cn1cnc(C[C@@H]2CC(=O)COc3ccc(cc3)C[C@@H](C(=O)O)CC(=O)[C@H](CCc3ccccc3)NC(=O)[C@@H](Cc3ccc(-c4ccccc4)cc3)NC2=O)c1. The van der Waals surface area contributed by atoms with Gasteiger partial charge in [0.25, 0.3) is 0 Å². The minimum atomic E-state index is -1.14. The van der Waals surface area contributed by atoms with E-state index in [-0.39, 0.29) is 50.9 Å². The molecule has 2 aliphatic rings. The van der Waals surface area contributed by atoms with Crippen molar-refractivity contribution in [3.63, 3.8) is 0 Å². The van der Waals surface area contributed by atoms with E-state index in [4.69, 9.17) is 4.74 Å². The van der Waals surface area contributed by atoms with Crippen LogP contribution in [0.5, 0.6) is 5.75 Å². The lowest BCUT2D eigenvalue weighted by Crippen LogP contribution is -2.54. The normalized spacial score (nSPS) is 19.9. The lowest BCUT2D eigenvalue weighted by atomic mass is 9.90. The van der Waals surface area contributed by atoms with E-state index in [2.05, 4.69) is 15.6 Å². The summed E-state index contributed by atoms with van der Waals surface area (Å²) in [5.41, 5.74) is 5.00. The Bertz CT molecular complexity index is 2120. The second-order valence-electron chi connectivity index (χ2n) is 14.4. The molecule has 4 atom stereocenters. The van der Waals surface area contributed by atoms with Gasteiger partial charge in [0.15, 0.2) is 11.6 Å². The predicted molar refractivity (Wildman–Crippen MR) is 211 cm³/mol. The van der Waals surface area contributed by atoms with E-state index >= 15 is 0 Å². The Kier molecular flexibility index (Phi) is 13.2. The van der Waals surface area contributed by atoms with Gasteiger partial charge in [-0.15, -0.1) is 0 Å². The molecule has 0 aliphatic carbocycles. The van der Waals surface area contributed by atoms with E-state index in [1.54, 1.807) is 41.4 Å². The number of carboxylic acids is 1. The summed E-state index contributed by atoms with van der Waals surface area (Å²) in [6.45, 7) is -0.293. The Balaban J connectivity index is 1.33. The molecule has 5 aromatic rings. The van der Waals surface area contributed by atoms with Crippen LogP contribution >= 0.6 is 0 Å². The summed E-state index contributed by atoms with van der Waals surface area (Å²) in [5.74, 6) is -4.52. The van der Waals surface area contributed by atoms with Crippen LogP contribution in [-0.2, 0) is 56.7 Å². The molecule has 7 rings (SSSR count). The molecular formula is C45H46N4O7. The second-order valence-corrected chi connectivity index (χ2v) is 14.4. The molecule has 288 valence electrons. The van der Waals surface area contributed by atoms with Crippen LogP contribution in [0.25, 0.3) is 11.1 Å². The van der Waals surface area contributed by atoms with E-state index in [0.717, 1.165) is 22.3 Å². The molecule has 11 heteroatoms. The summed E-state index contributed by atoms with van der Waals surface area (Å²) in [6, 6.07) is 31.6. The number of aliphatic carboxylic acids is 1. The molecule has 2 amide bonds. The monoisotopic (exact) mass is 754 g/mol. The maximum atomic E-state index is 14.4. The number of hydrogen-bond donors (Lipinski definition) is 3. The third-order valence-corrected chi connectivity index (χ3v) is 10.1. The van der Waals surface area contributed by atoms with Gasteiger partial charge in [0.05, 0.1) is 29.9 Å². The number of ether oxygens (including phenoxy) is 1. The molecule has 4 aromatic carbocycles. The standard InChI is InChI=1S/C45H46N4O7/c1-49-27-37(46-29-49)24-35-25-38(50)28-56-39-19-14-31(15-20-39)22-36(45(54)55)26-42(51)40(21-16-30-8-4-2-5-9-30)47-44(53)41(48-43(35)52)23-32-12-17-34(18-13-32)33-10-6-3-7-11-33/h2-15,17-20,27,29,35-36,40-41H,16,21-26,28H2,1H3,(H,47,53)(H,48,52)(H,54,55)/t35-,36-,40+,41-/m1/s1. The van der Waals surface area contributed by atoms with Gasteiger partial charge in [-0.2, -0.15) is 0 Å². The van der Waals surface area contributed by atoms with Crippen molar-refractivity contribution in [2.75, 3.05) is 6.61 Å². The molecule has 3 heterocycles. The van der Waals surface area contributed by atoms with Gasteiger partial charge in [-0.3, -0.25) is 24.0 Å². The largest absolute Gasteiger partial charge is 0.486 e. The van der Waals surface area contributed by atoms with Crippen molar-refractivity contribution in [2.24, 2.45) is 18.9 Å². The topological polar surface area (TPSA) is 157 Å². The van der Waals surface area contributed by atoms with Crippen LogP contribution in [0, 0.1) is 11.8 Å². The molecule has 2 aliphatic heterocycles. The zero-order valence-electron chi connectivity index (χ0n) is 31.3. The van der Waals surface area contributed by atoms with Gasteiger partial charge in [0, 0.05) is 38.9 Å². The molecule has 0 saturated heterocycles. The molecular weight excluding hydrogens is 709 g/mol. The van der Waals surface area contributed by atoms with Crippen LogP contribution in [0.4, 0.5) is 0 Å². The van der Waals surface area contributed by atoms with Crippen LogP contribution in [-0.4, -0.2) is 62.7 Å². The van der Waals surface area contributed by atoms with Crippen molar-refractivity contribution in [3.8, 4) is 16.9 Å². The predicted octanol–water partition coefficient (Wildman–Crippen LogP) is 5.35. The number of imidazole rings is 1. The number of benzene rings is 4. The van der Waals surface area contributed by atoms with Gasteiger partial charge < -0.3 is 25.0 Å². The van der Waals surface area contributed by atoms with Crippen molar-refractivity contribution in [3.05, 3.63) is 144 Å². The third-order valence-electron chi connectivity index (χ3n) is 10.1. The summed E-state index contributed by atoms with van der Waals surface area (Å²) < 4.78 is 7.52. The Morgan fingerprint density at radius 1 is 0.750 bits per heavy atom. The maximum absolute atomic E-state index is 14.4. The molecule has 0 fully saturated rings. The van der Waals surface area contributed by atoms with Crippen LogP contribution in [0.1, 0.15) is 41.6 Å². The first-order chi connectivity index (χ1) is 27.1. The minimum absolute atomic E-state index is 0.0759. The lowest BCUT2D eigenvalue weighted by Gasteiger charge is -2.25. The van der Waals surface area contributed by atoms with Gasteiger partial charge in [-0.1, -0.05) is 97.1 Å². The van der Waals surface area contributed by atoms with Crippen molar-refractivity contribution < 1.29 is 33.8 Å². The number of hydrogen-bond acceptors (Lipinski definition) is 7. The first kappa shape index (κ1) is 39.3. The number of Topliss-reactive ketones (excluding diaryl/α,β-unsaturated/α-hetero) is 2. The molecule has 3 N–H and O–H groups in total. The summed E-state index contributed by atoms with van der Waals surface area (Å²) in [7, 11) is 1.81. The fourth-order valence-corrected chi connectivity index (χ4v) is 6.96. The molecule has 0 saturated carbocycles. The number of amides is 2. The highest BCUT2D eigenvalue weighted by Gasteiger charge is 2.32. The number of ketones is 2. The molecule has 0 radical (unpaired) electrons. The van der Waals surface area contributed by atoms with E-state index in [0.29, 0.717) is 23.4 Å². The summed E-state index contributed by atoms with van der Waals surface area (Å²) in [6.07, 6.45) is 3.88. The zero-order valence-corrected chi connectivity index (χ0v) is 31.3. The number of aryl methyl sites for hydroxylation is 2. The lowest BCUT2D eigenvalue weighted by molar-refractivity contribution is -0.144. The quantitative estimate of drug-likeness (QED) is 0.182. The molecule has 2 bridgehead atoms. The smallest absolute Gasteiger partial charge is 0.307 e. The average molecular weight is 755 g/mol. The summed E-state index contributed by atoms with van der Waals surface area (Å²) >= 11 is 0. The molecule has 11 nitrogen and oxygen atoms in total. The number of nitrogens with zero attached hydrogens (tertiary/aromatic N) is 2. The van der Waals surface area contributed by atoms with E-state index in [1.807, 2.05) is 92.0 Å². The average Bonchev–Trinajstić information content (AvgIpc) is 3.62. The highest BCUT2D eigenvalue weighted by atomic mass is 16.5. The van der Waals surface area contributed by atoms with E-state index in [1.165, 1.54) is 0 Å². The van der Waals surface area contributed by atoms with Gasteiger partial charge in [-0.05, 0) is 59.2 Å². The maximum Gasteiger partial charge on any atom is 0.307 e. The van der Waals surface area contributed by atoms with E-state index < -0.39 is 47.5 Å². The van der Waals surface area contributed by atoms with E-state index in [9.17, 15) is 29.1 Å². The van der Waals surface area contributed by atoms with Crippen molar-refractivity contribution in [1.29, 1.82) is 0 Å². The third kappa shape index (κ3) is 11.1. The van der Waals surface area contributed by atoms with Crippen LogP contribution in [0.2, 0.25) is 0 Å². The summed E-state index contributed by atoms with van der Waals surface area (Å²) in [5, 5.41) is 16.0. The van der Waals surface area contributed by atoms with Crippen molar-refractivity contribution in [1.82, 2.24) is 20.2 Å². The van der Waals surface area contributed by atoms with Crippen molar-refractivity contribution >= 4 is 29.4 Å². The Hall–Kier alpha value is -6.36. The van der Waals surface area contributed by atoms with Crippen LogP contribution < -0.4 is 15.4 Å². The first-order valence-electron chi connectivity index (χ1n) is 18.8. The number of nitrogens with one attached hydrogen (secondary N) is 2. The Morgan fingerprint density at radius 3 is 2.07 bits per heavy atom. The molecule has 0 spiro atoms. The second kappa shape index (κ2) is 18.8. The van der Waals surface area contributed by atoms with Gasteiger partial charge in [-0.25, -0.2) is 4.98 Å². The number of rotatable bonds is 9. The highest BCUT2D eigenvalue weighted by molar-refractivity contribution is 5.95. The zero-order chi connectivity index (χ0) is 39.4. The fraction of sp³-hybridized carbons (Fsp3) is 0.289. The van der Waals surface area contributed by atoms with Crippen molar-refractivity contribution in [2.45, 2.75) is 57.0 Å². The summed E-state index contributed by atoms with van der Waals surface area (Å²) in [4.78, 5) is 72.8. The number of carbonyl (C=O) groups is 5. The van der Waals surface area contributed by atoms with Crippen LogP contribution in [0.3, 0.4) is 0 Å². The Morgan fingerprint density at radius 2 is 1.41 bits per heavy atom. The van der Waals surface area contributed by atoms with Crippen LogP contribution in [0.15, 0.2) is 122 Å². The molecule has 56 heavy (non-hydrogen) atoms. The minimum Gasteiger partial charge on any atom is -0.486 e. The first-order valence-corrected chi connectivity index (χ1v) is 18.8. The highest BCUT2D eigenvalue weighted by Crippen LogP contribution is 2.23. The van der Waals surface area contributed by atoms with Gasteiger partial charge in [0.2, 0.25) is 11.8 Å². The number of carbonyl (C=O) groups excluding carboxylic acids is 4.